The lowest BCUT2D eigenvalue weighted by Crippen LogP contribution is -2.45. The normalized spacial score (nSPS) is 18.8. The molecule has 2 aromatic heterocycles. The minimum atomic E-state index is 0.219. The Morgan fingerprint density at radius 3 is 3.08 bits per heavy atom. The molecular weight excluding hydrogens is 328 g/mol. The van der Waals surface area contributed by atoms with Crippen LogP contribution < -0.4 is 5.32 Å². The fraction of sp³-hybridized carbons (Fsp3) is 0.294. The summed E-state index contributed by atoms with van der Waals surface area (Å²) in [6.45, 7) is 3.28. The molecule has 3 heterocycles. The number of furan rings is 1. The van der Waals surface area contributed by atoms with E-state index in [1.165, 1.54) is 5.56 Å². The number of hydrogen-bond acceptors (Lipinski definition) is 6. The monoisotopic (exact) mass is 344 g/mol. The Morgan fingerprint density at radius 1 is 1.29 bits per heavy atom. The molecule has 1 fully saturated rings. The molecule has 3 aromatic rings. The SMILES string of the molecule is Clc1cccc(C2CNCCN2Cc2nc(-c3ccco3)no2)c1. The van der Waals surface area contributed by atoms with E-state index in [1.807, 2.05) is 24.3 Å². The quantitative estimate of drug-likeness (QED) is 0.784. The highest BCUT2D eigenvalue weighted by atomic mass is 35.5. The first-order valence-corrected chi connectivity index (χ1v) is 8.24. The smallest absolute Gasteiger partial charge is 0.241 e. The molecule has 6 nitrogen and oxygen atoms in total. The molecule has 1 aliphatic rings. The van der Waals surface area contributed by atoms with Gasteiger partial charge in [-0.1, -0.05) is 28.9 Å². The second-order valence-electron chi connectivity index (χ2n) is 5.73. The van der Waals surface area contributed by atoms with E-state index in [0.717, 1.165) is 24.7 Å². The fourth-order valence-electron chi connectivity index (χ4n) is 2.98. The van der Waals surface area contributed by atoms with Gasteiger partial charge in [-0.2, -0.15) is 4.98 Å². The molecule has 7 heteroatoms. The lowest BCUT2D eigenvalue weighted by Gasteiger charge is -2.35. The summed E-state index contributed by atoms with van der Waals surface area (Å²) in [7, 11) is 0. The molecule has 0 aliphatic carbocycles. The van der Waals surface area contributed by atoms with Gasteiger partial charge in [-0.05, 0) is 29.8 Å². The maximum Gasteiger partial charge on any atom is 0.241 e. The summed E-state index contributed by atoms with van der Waals surface area (Å²) in [4.78, 5) is 6.75. The maximum atomic E-state index is 6.14. The third-order valence-electron chi connectivity index (χ3n) is 4.14. The van der Waals surface area contributed by atoms with Crippen LogP contribution >= 0.6 is 11.6 Å². The maximum absolute atomic E-state index is 6.14. The summed E-state index contributed by atoms with van der Waals surface area (Å²) in [5.41, 5.74) is 1.18. The molecule has 1 N–H and O–H groups in total. The number of hydrogen-bond donors (Lipinski definition) is 1. The third-order valence-corrected chi connectivity index (χ3v) is 4.37. The van der Waals surface area contributed by atoms with Crippen molar-refractivity contribution in [2.45, 2.75) is 12.6 Å². The van der Waals surface area contributed by atoms with Gasteiger partial charge in [0.15, 0.2) is 5.76 Å². The van der Waals surface area contributed by atoms with Crippen molar-refractivity contribution in [1.82, 2.24) is 20.4 Å². The first-order valence-electron chi connectivity index (χ1n) is 7.86. The molecule has 0 bridgehead atoms. The number of piperazine rings is 1. The molecule has 1 unspecified atom stereocenters. The second-order valence-corrected chi connectivity index (χ2v) is 6.17. The Morgan fingerprint density at radius 2 is 2.25 bits per heavy atom. The van der Waals surface area contributed by atoms with Crippen molar-refractivity contribution in [2.75, 3.05) is 19.6 Å². The summed E-state index contributed by atoms with van der Waals surface area (Å²) in [5.74, 6) is 1.66. The van der Waals surface area contributed by atoms with Crippen LogP contribution in [0, 0.1) is 0 Å². The largest absolute Gasteiger partial charge is 0.461 e. The van der Waals surface area contributed by atoms with Gasteiger partial charge in [0.1, 0.15) is 0 Å². The van der Waals surface area contributed by atoms with Crippen molar-refractivity contribution in [3.8, 4) is 11.6 Å². The first kappa shape index (κ1) is 15.4. The number of aromatic nitrogens is 2. The molecule has 1 aromatic carbocycles. The van der Waals surface area contributed by atoms with E-state index >= 15 is 0 Å². The predicted octanol–water partition coefficient (Wildman–Crippen LogP) is 3.13. The summed E-state index contributed by atoms with van der Waals surface area (Å²) in [6.07, 6.45) is 1.59. The topological polar surface area (TPSA) is 67.3 Å². The number of nitrogens with one attached hydrogen (secondary N) is 1. The van der Waals surface area contributed by atoms with Crippen molar-refractivity contribution < 1.29 is 8.94 Å². The van der Waals surface area contributed by atoms with Crippen LogP contribution in [-0.4, -0.2) is 34.7 Å². The van der Waals surface area contributed by atoms with Gasteiger partial charge in [0.05, 0.1) is 12.8 Å². The Kier molecular flexibility index (Phi) is 4.34. The van der Waals surface area contributed by atoms with Gasteiger partial charge in [0.2, 0.25) is 11.7 Å². The van der Waals surface area contributed by atoms with E-state index in [4.69, 9.17) is 20.5 Å². The Labute approximate surface area is 144 Å². The highest BCUT2D eigenvalue weighted by Gasteiger charge is 2.26. The van der Waals surface area contributed by atoms with Crippen LogP contribution in [0.2, 0.25) is 5.02 Å². The lowest BCUT2D eigenvalue weighted by molar-refractivity contribution is 0.135. The highest BCUT2D eigenvalue weighted by molar-refractivity contribution is 6.30. The van der Waals surface area contributed by atoms with Crippen molar-refractivity contribution in [2.24, 2.45) is 0 Å². The van der Waals surface area contributed by atoms with Crippen LogP contribution in [0.15, 0.2) is 51.6 Å². The zero-order valence-corrected chi connectivity index (χ0v) is 13.7. The Balaban J connectivity index is 1.53. The van der Waals surface area contributed by atoms with Gasteiger partial charge in [-0.15, -0.1) is 0 Å². The van der Waals surface area contributed by atoms with Crippen LogP contribution in [0.5, 0.6) is 0 Å². The van der Waals surface area contributed by atoms with E-state index in [0.29, 0.717) is 24.0 Å². The zero-order valence-electron chi connectivity index (χ0n) is 13.0. The van der Waals surface area contributed by atoms with Gasteiger partial charge in [-0.25, -0.2) is 0 Å². The average molecular weight is 345 g/mol. The second kappa shape index (κ2) is 6.76. The van der Waals surface area contributed by atoms with Crippen LogP contribution in [0.3, 0.4) is 0 Å². The Hall–Kier alpha value is -2.15. The molecule has 0 saturated carbocycles. The summed E-state index contributed by atoms with van der Waals surface area (Å²) in [6, 6.07) is 11.8. The zero-order chi connectivity index (χ0) is 16.4. The molecule has 0 amide bonds. The molecule has 0 spiro atoms. The standard InChI is InChI=1S/C17H17ClN4O2/c18-13-4-1-3-12(9-13)14-10-19-6-7-22(14)11-16-20-17(21-24-16)15-5-2-8-23-15/h1-5,8-9,14,19H,6-7,10-11H2. The molecule has 1 atom stereocenters. The van der Waals surface area contributed by atoms with Crippen molar-refractivity contribution in [1.29, 1.82) is 0 Å². The number of nitrogens with zero attached hydrogens (tertiary/aromatic N) is 3. The highest BCUT2D eigenvalue weighted by Crippen LogP contribution is 2.26. The van der Waals surface area contributed by atoms with E-state index in [-0.39, 0.29) is 6.04 Å². The number of rotatable bonds is 4. The molecule has 1 saturated heterocycles. The van der Waals surface area contributed by atoms with Crippen LogP contribution in [0.25, 0.3) is 11.6 Å². The molecule has 0 radical (unpaired) electrons. The van der Waals surface area contributed by atoms with E-state index in [9.17, 15) is 0 Å². The van der Waals surface area contributed by atoms with Crippen molar-refractivity contribution >= 4 is 11.6 Å². The Bertz CT molecular complexity index is 803. The molecular formula is C17H17ClN4O2. The van der Waals surface area contributed by atoms with Gasteiger partial charge < -0.3 is 14.3 Å². The molecule has 1 aliphatic heterocycles. The van der Waals surface area contributed by atoms with Crippen LogP contribution in [0.1, 0.15) is 17.5 Å². The minimum Gasteiger partial charge on any atom is -0.461 e. The van der Waals surface area contributed by atoms with Gasteiger partial charge >= 0.3 is 0 Å². The van der Waals surface area contributed by atoms with Gasteiger partial charge in [0.25, 0.3) is 0 Å². The van der Waals surface area contributed by atoms with E-state index in [2.05, 4.69) is 26.4 Å². The van der Waals surface area contributed by atoms with Crippen molar-refractivity contribution in [3.05, 3.63) is 59.1 Å². The van der Waals surface area contributed by atoms with Crippen molar-refractivity contribution in [3.63, 3.8) is 0 Å². The summed E-state index contributed by atoms with van der Waals surface area (Å²) < 4.78 is 10.7. The predicted molar refractivity (Wildman–Crippen MR) is 89.5 cm³/mol. The van der Waals surface area contributed by atoms with Crippen LogP contribution in [0.4, 0.5) is 0 Å². The summed E-state index contributed by atoms with van der Waals surface area (Å²) >= 11 is 6.14. The fourth-order valence-corrected chi connectivity index (χ4v) is 3.18. The molecule has 124 valence electrons. The van der Waals surface area contributed by atoms with Gasteiger partial charge in [-0.3, -0.25) is 4.90 Å². The number of benzene rings is 1. The third kappa shape index (κ3) is 3.21. The van der Waals surface area contributed by atoms with Gasteiger partial charge in [0, 0.05) is 30.7 Å². The van der Waals surface area contributed by atoms with E-state index < -0.39 is 0 Å². The number of halogens is 1. The lowest BCUT2D eigenvalue weighted by atomic mass is 10.0. The molecule has 24 heavy (non-hydrogen) atoms. The van der Waals surface area contributed by atoms with Crippen LogP contribution in [-0.2, 0) is 6.54 Å². The first-order chi connectivity index (χ1) is 11.8. The molecule has 4 rings (SSSR count). The van der Waals surface area contributed by atoms with E-state index in [1.54, 1.807) is 12.3 Å². The summed E-state index contributed by atoms with van der Waals surface area (Å²) in [5, 5.41) is 8.17. The minimum absolute atomic E-state index is 0.219. The average Bonchev–Trinajstić information content (AvgIpc) is 3.26.